The van der Waals surface area contributed by atoms with E-state index in [1.807, 2.05) is 0 Å². The van der Waals surface area contributed by atoms with Crippen LogP contribution in [-0.2, 0) is 0 Å². The molecule has 0 radical (unpaired) electrons. The smallest absolute Gasteiger partial charge is 0.252 e. The Balaban J connectivity index is 2.44. The molecule has 1 atom stereocenters. The van der Waals surface area contributed by atoms with Gasteiger partial charge in [0.05, 0.1) is 6.33 Å². The molecule has 1 heterocycles. The van der Waals surface area contributed by atoms with Crippen molar-refractivity contribution in [1.82, 2.24) is 9.97 Å². The van der Waals surface area contributed by atoms with Crippen LogP contribution in [0.3, 0.4) is 0 Å². The van der Waals surface area contributed by atoms with Crippen LogP contribution < -0.4 is 10.9 Å². The van der Waals surface area contributed by atoms with Crippen molar-refractivity contribution in [1.29, 1.82) is 0 Å². The minimum Gasteiger partial charge on any atom is -0.367 e. The van der Waals surface area contributed by atoms with Crippen molar-refractivity contribution in [3.63, 3.8) is 0 Å². The molecule has 0 fully saturated rings. The first kappa shape index (κ1) is 11.8. The van der Waals surface area contributed by atoms with Crippen LogP contribution in [0, 0.1) is 5.92 Å². The first-order chi connectivity index (χ1) is 7.08. The fourth-order valence-corrected chi connectivity index (χ4v) is 1.36. The summed E-state index contributed by atoms with van der Waals surface area (Å²) in [5.74, 6) is 1.36. The fourth-order valence-electron chi connectivity index (χ4n) is 1.36. The van der Waals surface area contributed by atoms with Gasteiger partial charge in [-0.2, -0.15) is 0 Å². The molecule has 1 aromatic heterocycles. The Bertz CT molecular complexity index is 346. The third kappa shape index (κ3) is 4.63. The van der Waals surface area contributed by atoms with Crippen molar-refractivity contribution >= 4 is 5.82 Å². The molecule has 0 aliphatic heterocycles. The molecular formula is C11H19N3O. The molecule has 0 saturated carbocycles. The normalized spacial score (nSPS) is 12.8. The van der Waals surface area contributed by atoms with E-state index in [1.165, 1.54) is 18.8 Å². The molecule has 0 aliphatic rings. The number of nitrogens with one attached hydrogen (secondary N) is 2. The zero-order valence-electron chi connectivity index (χ0n) is 9.58. The van der Waals surface area contributed by atoms with Gasteiger partial charge in [-0.15, -0.1) is 0 Å². The van der Waals surface area contributed by atoms with Gasteiger partial charge in [-0.1, -0.05) is 13.8 Å². The van der Waals surface area contributed by atoms with Gasteiger partial charge in [0.25, 0.3) is 5.56 Å². The molecule has 2 N–H and O–H groups in total. The molecule has 84 valence electrons. The van der Waals surface area contributed by atoms with Crippen molar-refractivity contribution in [2.24, 2.45) is 5.92 Å². The summed E-state index contributed by atoms with van der Waals surface area (Å²) in [6.07, 6.45) is 3.68. The summed E-state index contributed by atoms with van der Waals surface area (Å²) >= 11 is 0. The molecule has 1 rings (SSSR count). The van der Waals surface area contributed by atoms with E-state index in [0.717, 1.165) is 6.42 Å². The van der Waals surface area contributed by atoms with Crippen molar-refractivity contribution in [3.05, 3.63) is 22.7 Å². The van der Waals surface area contributed by atoms with Crippen LogP contribution in [0.15, 0.2) is 17.2 Å². The van der Waals surface area contributed by atoms with Gasteiger partial charge in [0.2, 0.25) is 0 Å². The highest BCUT2D eigenvalue weighted by molar-refractivity contribution is 5.32. The van der Waals surface area contributed by atoms with Crippen LogP contribution in [0.4, 0.5) is 5.82 Å². The van der Waals surface area contributed by atoms with Gasteiger partial charge in [-0.25, -0.2) is 4.98 Å². The monoisotopic (exact) mass is 209 g/mol. The molecule has 1 unspecified atom stereocenters. The Labute approximate surface area is 90.1 Å². The highest BCUT2D eigenvalue weighted by Gasteiger charge is 2.04. The summed E-state index contributed by atoms with van der Waals surface area (Å²) in [5, 5.41) is 3.21. The molecule has 0 saturated heterocycles. The first-order valence-corrected chi connectivity index (χ1v) is 5.39. The molecule has 15 heavy (non-hydrogen) atoms. The SMILES string of the molecule is CC(C)CCC(C)Nc1cc(=O)[nH]cn1. The lowest BCUT2D eigenvalue weighted by Crippen LogP contribution is -2.18. The standard InChI is InChI=1S/C11H19N3O/c1-8(2)4-5-9(3)14-10-6-11(15)13-7-12-10/h6-9H,4-5H2,1-3H3,(H2,12,13,14,15). The zero-order chi connectivity index (χ0) is 11.3. The lowest BCUT2D eigenvalue weighted by atomic mass is 10.0. The molecule has 0 bridgehead atoms. The van der Waals surface area contributed by atoms with E-state index in [-0.39, 0.29) is 5.56 Å². The molecule has 4 nitrogen and oxygen atoms in total. The molecule has 0 aromatic carbocycles. The predicted molar refractivity (Wildman–Crippen MR) is 62.0 cm³/mol. The molecule has 0 aliphatic carbocycles. The van der Waals surface area contributed by atoms with Gasteiger partial charge in [-0.05, 0) is 25.7 Å². The van der Waals surface area contributed by atoms with Gasteiger partial charge in [-0.3, -0.25) is 4.79 Å². The van der Waals surface area contributed by atoms with Gasteiger partial charge in [0.15, 0.2) is 0 Å². The van der Waals surface area contributed by atoms with Crippen molar-refractivity contribution in [3.8, 4) is 0 Å². The number of aromatic nitrogens is 2. The van der Waals surface area contributed by atoms with Crippen LogP contribution in [0.25, 0.3) is 0 Å². The quantitative estimate of drug-likeness (QED) is 0.780. The Hall–Kier alpha value is -1.32. The third-order valence-electron chi connectivity index (χ3n) is 2.25. The van der Waals surface area contributed by atoms with E-state index in [2.05, 4.69) is 36.1 Å². The number of nitrogens with zero attached hydrogens (tertiary/aromatic N) is 1. The second-order valence-corrected chi connectivity index (χ2v) is 4.31. The number of aromatic amines is 1. The highest BCUT2D eigenvalue weighted by Crippen LogP contribution is 2.09. The molecule has 0 amide bonds. The van der Waals surface area contributed by atoms with Crippen LogP contribution >= 0.6 is 0 Å². The Morgan fingerprint density at radius 3 is 2.73 bits per heavy atom. The minimum absolute atomic E-state index is 0.122. The molecule has 0 spiro atoms. The number of anilines is 1. The van der Waals surface area contributed by atoms with E-state index in [0.29, 0.717) is 17.8 Å². The lowest BCUT2D eigenvalue weighted by molar-refractivity contribution is 0.527. The minimum atomic E-state index is -0.122. The maximum absolute atomic E-state index is 11.0. The number of H-pyrrole nitrogens is 1. The van der Waals surface area contributed by atoms with Crippen LogP contribution in [0.1, 0.15) is 33.6 Å². The van der Waals surface area contributed by atoms with Gasteiger partial charge in [0.1, 0.15) is 5.82 Å². The van der Waals surface area contributed by atoms with Crippen LogP contribution in [0.5, 0.6) is 0 Å². The molecule has 1 aromatic rings. The second kappa shape index (κ2) is 5.53. The first-order valence-electron chi connectivity index (χ1n) is 5.39. The maximum Gasteiger partial charge on any atom is 0.252 e. The lowest BCUT2D eigenvalue weighted by Gasteiger charge is -2.14. The van der Waals surface area contributed by atoms with E-state index in [1.54, 1.807) is 0 Å². The summed E-state index contributed by atoms with van der Waals surface area (Å²) in [6, 6.07) is 1.83. The predicted octanol–water partition coefficient (Wildman–Crippen LogP) is 2.01. The van der Waals surface area contributed by atoms with Gasteiger partial charge < -0.3 is 10.3 Å². The average molecular weight is 209 g/mol. The Kier molecular flexibility index (Phi) is 4.34. The number of hydrogen-bond donors (Lipinski definition) is 2. The summed E-state index contributed by atoms with van der Waals surface area (Å²) in [5.41, 5.74) is -0.122. The van der Waals surface area contributed by atoms with Gasteiger partial charge in [0, 0.05) is 12.1 Å². The second-order valence-electron chi connectivity index (χ2n) is 4.31. The van der Waals surface area contributed by atoms with E-state index >= 15 is 0 Å². The molecule has 4 heteroatoms. The summed E-state index contributed by atoms with van der Waals surface area (Å²) in [6.45, 7) is 6.52. The van der Waals surface area contributed by atoms with Crippen molar-refractivity contribution < 1.29 is 0 Å². The van der Waals surface area contributed by atoms with Crippen molar-refractivity contribution in [2.45, 2.75) is 39.7 Å². The molecular weight excluding hydrogens is 190 g/mol. The highest BCUT2D eigenvalue weighted by atomic mass is 16.1. The summed E-state index contributed by atoms with van der Waals surface area (Å²) in [4.78, 5) is 17.5. The Morgan fingerprint density at radius 2 is 2.13 bits per heavy atom. The topological polar surface area (TPSA) is 57.8 Å². The maximum atomic E-state index is 11.0. The number of hydrogen-bond acceptors (Lipinski definition) is 3. The summed E-state index contributed by atoms with van der Waals surface area (Å²) < 4.78 is 0. The zero-order valence-corrected chi connectivity index (χ0v) is 9.58. The van der Waals surface area contributed by atoms with E-state index < -0.39 is 0 Å². The Morgan fingerprint density at radius 1 is 1.40 bits per heavy atom. The van der Waals surface area contributed by atoms with Gasteiger partial charge >= 0.3 is 0 Å². The van der Waals surface area contributed by atoms with Crippen LogP contribution in [0.2, 0.25) is 0 Å². The average Bonchev–Trinajstić information content (AvgIpc) is 2.15. The number of rotatable bonds is 5. The third-order valence-corrected chi connectivity index (χ3v) is 2.25. The van der Waals surface area contributed by atoms with E-state index in [4.69, 9.17) is 0 Å². The van der Waals surface area contributed by atoms with E-state index in [9.17, 15) is 4.79 Å². The van der Waals surface area contributed by atoms with Crippen LogP contribution in [-0.4, -0.2) is 16.0 Å². The summed E-state index contributed by atoms with van der Waals surface area (Å²) in [7, 11) is 0. The van der Waals surface area contributed by atoms with Crippen molar-refractivity contribution in [2.75, 3.05) is 5.32 Å². The largest absolute Gasteiger partial charge is 0.367 e. The fraction of sp³-hybridized carbons (Fsp3) is 0.636.